The van der Waals surface area contributed by atoms with Gasteiger partial charge in [-0.15, -0.1) is 5.10 Å². The second-order valence-corrected chi connectivity index (χ2v) is 7.35. The Kier molecular flexibility index (Phi) is 6.06. The molecule has 1 amide bonds. The Morgan fingerprint density at radius 2 is 1.89 bits per heavy atom. The lowest BCUT2D eigenvalue weighted by Crippen LogP contribution is -2.49. The summed E-state index contributed by atoms with van der Waals surface area (Å²) in [4.78, 5) is 24.1. The minimum atomic E-state index is -0.580. The van der Waals surface area contributed by atoms with Gasteiger partial charge in [-0.05, 0) is 73.2 Å². The van der Waals surface area contributed by atoms with Crippen LogP contribution >= 0.6 is 0 Å². The summed E-state index contributed by atoms with van der Waals surface area (Å²) in [5.41, 5.74) is 0.626. The predicted octanol–water partition coefficient (Wildman–Crippen LogP) is 2.77. The van der Waals surface area contributed by atoms with Crippen LogP contribution in [0.1, 0.15) is 69.1 Å². The van der Waals surface area contributed by atoms with Crippen LogP contribution in [0.2, 0.25) is 0 Å². The van der Waals surface area contributed by atoms with Gasteiger partial charge in [-0.25, -0.2) is 4.79 Å². The normalized spacial score (nSPS) is 21.9. The zero-order chi connectivity index (χ0) is 20.1. The van der Waals surface area contributed by atoms with Gasteiger partial charge in [-0.2, -0.15) is 4.68 Å². The molecule has 1 heterocycles. The fraction of sp³-hybridized carbons (Fsp3) is 0.550. The van der Waals surface area contributed by atoms with E-state index in [1.54, 1.807) is 35.9 Å². The zero-order valence-corrected chi connectivity index (χ0v) is 16.6. The number of amides is 1. The molecular formula is C20H27N5O3. The Morgan fingerprint density at radius 3 is 2.50 bits per heavy atom. The third-order valence-electron chi connectivity index (χ3n) is 5.35. The summed E-state index contributed by atoms with van der Waals surface area (Å²) < 4.78 is 6.68. The molecule has 0 saturated heterocycles. The number of nitrogens with zero attached hydrogens (tertiary/aromatic N) is 4. The first-order valence-electron chi connectivity index (χ1n) is 9.86. The molecule has 1 aliphatic rings. The number of rotatable bonds is 6. The second kappa shape index (κ2) is 8.50. The van der Waals surface area contributed by atoms with E-state index in [-0.39, 0.29) is 11.9 Å². The molecule has 1 N–H and O–H groups in total. The summed E-state index contributed by atoms with van der Waals surface area (Å²) in [7, 11) is 0. The summed E-state index contributed by atoms with van der Waals surface area (Å²) in [6.07, 6.45) is 3.99. The SMILES string of the molecule is CCOC(=O)c1ccc(-n2nnnc2C2(NC(=O)CC)CCC(C)CC2)cc1. The number of nitrogens with one attached hydrogen (secondary N) is 1. The smallest absolute Gasteiger partial charge is 0.338 e. The fourth-order valence-electron chi connectivity index (χ4n) is 3.63. The average Bonchev–Trinajstić information content (AvgIpc) is 3.21. The predicted molar refractivity (Wildman–Crippen MR) is 103 cm³/mol. The summed E-state index contributed by atoms with van der Waals surface area (Å²) in [5, 5.41) is 15.5. The van der Waals surface area contributed by atoms with Crippen LogP contribution in [0.5, 0.6) is 0 Å². The van der Waals surface area contributed by atoms with E-state index in [1.165, 1.54) is 0 Å². The molecule has 0 unspecified atom stereocenters. The van der Waals surface area contributed by atoms with E-state index in [0.29, 0.717) is 30.3 Å². The van der Waals surface area contributed by atoms with Crippen LogP contribution in [-0.4, -0.2) is 38.7 Å². The number of esters is 1. The molecule has 3 rings (SSSR count). The van der Waals surface area contributed by atoms with Crippen molar-refractivity contribution in [1.29, 1.82) is 0 Å². The van der Waals surface area contributed by atoms with Crippen LogP contribution in [0, 0.1) is 5.92 Å². The number of benzene rings is 1. The van der Waals surface area contributed by atoms with Crippen molar-refractivity contribution in [2.75, 3.05) is 6.61 Å². The number of carbonyl (C=O) groups is 2. The number of ether oxygens (including phenoxy) is 1. The van der Waals surface area contributed by atoms with Crippen LogP contribution in [-0.2, 0) is 15.1 Å². The Labute approximate surface area is 164 Å². The summed E-state index contributed by atoms with van der Waals surface area (Å²) >= 11 is 0. The molecule has 8 heteroatoms. The third-order valence-corrected chi connectivity index (χ3v) is 5.35. The molecule has 2 aromatic rings. The monoisotopic (exact) mass is 385 g/mol. The highest BCUT2D eigenvalue weighted by molar-refractivity contribution is 5.89. The van der Waals surface area contributed by atoms with Gasteiger partial charge in [0.05, 0.1) is 17.9 Å². The minimum absolute atomic E-state index is 0.0123. The molecule has 150 valence electrons. The quantitative estimate of drug-likeness (QED) is 0.768. The van der Waals surface area contributed by atoms with Crippen LogP contribution in [0.25, 0.3) is 5.69 Å². The Balaban J connectivity index is 1.94. The highest BCUT2D eigenvalue weighted by Crippen LogP contribution is 2.39. The first-order chi connectivity index (χ1) is 13.5. The van der Waals surface area contributed by atoms with Gasteiger partial charge in [-0.3, -0.25) is 4.79 Å². The number of tetrazole rings is 1. The molecule has 1 aromatic heterocycles. The van der Waals surface area contributed by atoms with E-state index in [2.05, 4.69) is 27.8 Å². The molecule has 8 nitrogen and oxygen atoms in total. The summed E-state index contributed by atoms with van der Waals surface area (Å²) in [5.74, 6) is 0.866. The van der Waals surface area contributed by atoms with E-state index < -0.39 is 5.54 Å². The standard InChI is InChI=1S/C20H27N5O3/c1-4-17(26)21-20(12-10-14(3)11-13-20)19-22-23-24-25(19)16-8-6-15(7-9-16)18(27)28-5-2/h6-9,14H,4-5,10-13H2,1-3H3,(H,21,26). The van der Waals surface area contributed by atoms with E-state index in [9.17, 15) is 9.59 Å². The summed E-state index contributed by atoms with van der Waals surface area (Å²) in [6.45, 7) is 6.17. The van der Waals surface area contributed by atoms with Gasteiger partial charge in [0, 0.05) is 6.42 Å². The molecule has 0 bridgehead atoms. The van der Waals surface area contributed by atoms with Crippen molar-refractivity contribution in [1.82, 2.24) is 25.5 Å². The maximum Gasteiger partial charge on any atom is 0.338 e. The van der Waals surface area contributed by atoms with Gasteiger partial charge in [0.15, 0.2) is 5.82 Å². The summed E-state index contributed by atoms with van der Waals surface area (Å²) in [6, 6.07) is 6.96. The molecule has 1 saturated carbocycles. The molecule has 0 spiro atoms. The van der Waals surface area contributed by atoms with E-state index in [0.717, 1.165) is 31.4 Å². The van der Waals surface area contributed by atoms with Crippen molar-refractivity contribution in [3.63, 3.8) is 0 Å². The van der Waals surface area contributed by atoms with Gasteiger partial charge in [0.2, 0.25) is 5.91 Å². The van der Waals surface area contributed by atoms with Crippen LogP contribution in [0.15, 0.2) is 24.3 Å². The Hall–Kier alpha value is -2.77. The van der Waals surface area contributed by atoms with E-state index in [4.69, 9.17) is 4.74 Å². The first-order valence-corrected chi connectivity index (χ1v) is 9.86. The van der Waals surface area contributed by atoms with Gasteiger partial charge in [0.1, 0.15) is 5.54 Å². The third kappa shape index (κ3) is 4.05. The molecule has 0 radical (unpaired) electrons. The van der Waals surface area contributed by atoms with Crippen LogP contribution < -0.4 is 5.32 Å². The minimum Gasteiger partial charge on any atom is -0.462 e. The fourth-order valence-corrected chi connectivity index (χ4v) is 3.63. The largest absolute Gasteiger partial charge is 0.462 e. The Bertz CT molecular complexity index is 823. The number of hydrogen-bond donors (Lipinski definition) is 1. The lowest BCUT2D eigenvalue weighted by Gasteiger charge is -2.38. The van der Waals surface area contributed by atoms with Crippen molar-refractivity contribution >= 4 is 11.9 Å². The van der Waals surface area contributed by atoms with E-state index >= 15 is 0 Å². The van der Waals surface area contributed by atoms with Crippen molar-refractivity contribution in [3.8, 4) is 5.69 Å². The van der Waals surface area contributed by atoms with Gasteiger partial charge in [-0.1, -0.05) is 13.8 Å². The highest BCUT2D eigenvalue weighted by atomic mass is 16.5. The van der Waals surface area contributed by atoms with Crippen molar-refractivity contribution < 1.29 is 14.3 Å². The van der Waals surface area contributed by atoms with Crippen molar-refractivity contribution in [3.05, 3.63) is 35.7 Å². The topological polar surface area (TPSA) is 99.0 Å². The van der Waals surface area contributed by atoms with Crippen molar-refractivity contribution in [2.24, 2.45) is 5.92 Å². The molecule has 0 aliphatic heterocycles. The van der Waals surface area contributed by atoms with Crippen LogP contribution in [0.3, 0.4) is 0 Å². The number of aromatic nitrogens is 4. The molecule has 1 aliphatic carbocycles. The molecule has 1 aromatic carbocycles. The Morgan fingerprint density at radius 1 is 1.21 bits per heavy atom. The van der Waals surface area contributed by atoms with Crippen molar-refractivity contribution in [2.45, 2.75) is 58.4 Å². The molecule has 28 heavy (non-hydrogen) atoms. The van der Waals surface area contributed by atoms with Gasteiger partial charge < -0.3 is 10.1 Å². The lowest BCUT2D eigenvalue weighted by atomic mass is 9.76. The number of carbonyl (C=O) groups excluding carboxylic acids is 2. The zero-order valence-electron chi connectivity index (χ0n) is 16.6. The lowest BCUT2D eigenvalue weighted by molar-refractivity contribution is -0.123. The van der Waals surface area contributed by atoms with Gasteiger partial charge >= 0.3 is 5.97 Å². The van der Waals surface area contributed by atoms with E-state index in [1.807, 2.05) is 6.92 Å². The molecule has 0 atom stereocenters. The highest BCUT2D eigenvalue weighted by Gasteiger charge is 2.41. The maximum atomic E-state index is 12.3. The van der Waals surface area contributed by atoms with Gasteiger partial charge in [0.25, 0.3) is 0 Å². The second-order valence-electron chi connectivity index (χ2n) is 7.35. The average molecular weight is 385 g/mol. The number of hydrogen-bond acceptors (Lipinski definition) is 6. The molecule has 1 fully saturated rings. The maximum absolute atomic E-state index is 12.3. The molecular weight excluding hydrogens is 358 g/mol. The first kappa shape index (κ1) is 20.0. The van der Waals surface area contributed by atoms with Crippen LogP contribution in [0.4, 0.5) is 0 Å².